The van der Waals surface area contributed by atoms with Crippen LogP contribution in [-0.2, 0) is 11.2 Å². The van der Waals surface area contributed by atoms with E-state index in [1.165, 1.54) is 0 Å². The first-order valence-electron chi connectivity index (χ1n) is 7.74. The van der Waals surface area contributed by atoms with Gasteiger partial charge in [-0.15, -0.1) is 0 Å². The summed E-state index contributed by atoms with van der Waals surface area (Å²) in [6.07, 6.45) is 0.506. The predicted octanol–water partition coefficient (Wildman–Crippen LogP) is 3.18. The fourth-order valence-electron chi connectivity index (χ4n) is 2.06. The topological polar surface area (TPSA) is 117 Å². The van der Waals surface area contributed by atoms with Gasteiger partial charge in [-0.1, -0.05) is 30.6 Å². The van der Waals surface area contributed by atoms with Gasteiger partial charge in [0.2, 0.25) is 0 Å². The molecule has 2 aromatic rings. The molecule has 9 heteroatoms. The Balaban J connectivity index is 2.15. The van der Waals surface area contributed by atoms with Crippen molar-refractivity contribution in [3.05, 3.63) is 29.0 Å². The van der Waals surface area contributed by atoms with Gasteiger partial charge in [0.15, 0.2) is 5.82 Å². The third kappa shape index (κ3) is 5.75. The van der Waals surface area contributed by atoms with E-state index in [0.29, 0.717) is 34.4 Å². The van der Waals surface area contributed by atoms with Crippen LogP contribution in [0.2, 0.25) is 5.02 Å². The SMILES string of the molecule is CC(C)Cc1noc(-c2cc(Cl)ccc2NC(=O)NCCC(=O)O)n1. The third-order valence-electron chi connectivity index (χ3n) is 3.14. The maximum atomic E-state index is 11.9. The van der Waals surface area contributed by atoms with E-state index < -0.39 is 12.0 Å². The lowest BCUT2D eigenvalue weighted by molar-refractivity contribution is -0.136. The van der Waals surface area contributed by atoms with Gasteiger partial charge in [0.1, 0.15) is 0 Å². The van der Waals surface area contributed by atoms with E-state index in [-0.39, 0.29) is 18.9 Å². The number of nitrogens with one attached hydrogen (secondary N) is 2. The summed E-state index contributed by atoms with van der Waals surface area (Å²) >= 11 is 6.03. The largest absolute Gasteiger partial charge is 0.481 e. The third-order valence-corrected chi connectivity index (χ3v) is 3.38. The average Bonchev–Trinajstić information content (AvgIpc) is 2.96. The summed E-state index contributed by atoms with van der Waals surface area (Å²) in [6.45, 7) is 4.11. The number of benzene rings is 1. The highest BCUT2D eigenvalue weighted by atomic mass is 35.5. The molecule has 2 rings (SSSR count). The van der Waals surface area contributed by atoms with Crippen molar-refractivity contribution in [2.24, 2.45) is 5.92 Å². The summed E-state index contributed by atoms with van der Waals surface area (Å²) in [5.74, 6) is 0.208. The van der Waals surface area contributed by atoms with Gasteiger partial charge in [-0.3, -0.25) is 4.79 Å². The second kappa shape index (κ2) is 8.48. The summed E-state index contributed by atoms with van der Waals surface area (Å²) in [5, 5.41) is 18.1. The first-order valence-corrected chi connectivity index (χ1v) is 8.12. The van der Waals surface area contributed by atoms with Gasteiger partial charge in [-0.25, -0.2) is 4.79 Å². The summed E-state index contributed by atoms with van der Waals surface area (Å²) in [6, 6.07) is 4.30. The van der Waals surface area contributed by atoms with Gasteiger partial charge < -0.3 is 20.3 Å². The van der Waals surface area contributed by atoms with Crippen LogP contribution < -0.4 is 10.6 Å². The van der Waals surface area contributed by atoms with Crippen molar-refractivity contribution in [3.63, 3.8) is 0 Å². The van der Waals surface area contributed by atoms with E-state index in [2.05, 4.69) is 20.8 Å². The molecule has 0 aliphatic rings. The van der Waals surface area contributed by atoms with Crippen molar-refractivity contribution < 1.29 is 19.2 Å². The number of nitrogens with zero attached hydrogens (tertiary/aromatic N) is 2. The molecule has 2 amide bonds. The van der Waals surface area contributed by atoms with Gasteiger partial charge in [0.05, 0.1) is 17.7 Å². The molecule has 1 aromatic heterocycles. The maximum Gasteiger partial charge on any atom is 0.319 e. The number of carbonyl (C=O) groups excluding carboxylic acids is 1. The molecule has 0 saturated heterocycles. The summed E-state index contributed by atoms with van der Waals surface area (Å²) in [5.41, 5.74) is 0.917. The molecular weight excluding hydrogens is 348 g/mol. The van der Waals surface area contributed by atoms with Gasteiger partial charge >= 0.3 is 12.0 Å². The molecule has 0 aliphatic heterocycles. The Morgan fingerprint density at radius 2 is 2.12 bits per heavy atom. The van der Waals surface area contributed by atoms with Crippen molar-refractivity contribution in [2.75, 3.05) is 11.9 Å². The maximum absolute atomic E-state index is 11.9. The van der Waals surface area contributed by atoms with Crippen molar-refractivity contribution in [1.29, 1.82) is 0 Å². The van der Waals surface area contributed by atoms with Crippen LogP contribution in [0.3, 0.4) is 0 Å². The van der Waals surface area contributed by atoms with Crippen LogP contribution in [-0.4, -0.2) is 33.8 Å². The number of hydrogen-bond donors (Lipinski definition) is 3. The zero-order valence-corrected chi connectivity index (χ0v) is 14.6. The smallest absolute Gasteiger partial charge is 0.319 e. The number of carbonyl (C=O) groups is 2. The number of rotatable bonds is 7. The van der Waals surface area contributed by atoms with Gasteiger partial charge in [0.25, 0.3) is 5.89 Å². The first-order chi connectivity index (χ1) is 11.8. The molecular formula is C16H19ClN4O4. The predicted molar refractivity (Wildman–Crippen MR) is 92.6 cm³/mol. The number of aromatic nitrogens is 2. The molecule has 1 aromatic carbocycles. The molecule has 1 heterocycles. The minimum Gasteiger partial charge on any atom is -0.481 e. The van der Waals surface area contributed by atoms with Gasteiger partial charge in [-0.2, -0.15) is 4.98 Å². The molecule has 8 nitrogen and oxygen atoms in total. The highest BCUT2D eigenvalue weighted by Gasteiger charge is 2.16. The fraction of sp³-hybridized carbons (Fsp3) is 0.375. The van der Waals surface area contributed by atoms with E-state index in [0.717, 1.165) is 0 Å². The lowest BCUT2D eigenvalue weighted by Gasteiger charge is -2.10. The molecule has 134 valence electrons. The van der Waals surface area contributed by atoms with E-state index >= 15 is 0 Å². The molecule has 0 fully saturated rings. The van der Waals surface area contributed by atoms with Crippen LogP contribution in [0.25, 0.3) is 11.5 Å². The highest BCUT2D eigenvalue weighted by molar-refractivity contribution is 6.31. The minimum atomic E-state index is -0.990. The summed E-state index contributed by atoms with van der Waals surface area (Å²) in [4.78, 5) is 26.7. The summed E-state index contributed by atoms with van der Waals surface area (Å²) < 4.78 is 5.27. The fourth-order valence-corrected chi connectivity index (χ4v) is 2.24. The Labute approximate surface area is 149 Å². The lowest BCUT2D eigenvalue weighted by atomic mass is 10.1. The molecule has 0 atom stereocenters. The zero-order valence-electron chi connectivity index (χ0n) is 13.9. The average molecular weight is 367 g/mol. The first kappa shape index (κ1) is 18.7. The molecule has 25 heavy (non-hydrogen) atoms. The number of halogens is 1. The zero-order chi connectivity index (χ0) is 18.4. The van der Waals surface area contributed by atoms with Crippen LogP contribution in [0.1, 0.15) is 26.1 Å². The molecule has 0 aliphatic carbocycles. The van der Waals surface area contributed by atoms with Gasteiger partial charge in [-0.05, 0) is 24.1 Å². The van der Waals surface area contributed by atoms with Crippen molar-refractivity contribution in [2.45, 2.75) is 26.7 Å². The number of amides is 2. The number of anilines is 1. The number of urea groups is 1. The van der Waals surface area contributed by atoms with Crippen LogP contribution >= 0.6 is 11.6 Å². The van der Waals surface area contributed by atoms with E-state index in [1.54, 1.807) is 18.2 Å². The molecule has 0 bridgehead atoms. The van der Waals surface area contributed by atoms with E-state index in [1.807, 2.05) is 13.8 Å². The summed E-state index contributed by atoms with van der Waals surface area (Å²) in [7, 11) is 0. The molecule has 0 radical (unpaired) electrons. The number of carboxylic acids is 1. The van der Waals surface area contributed by atoms with Crippen LogP contribution in [0, 0.1) is 5.92 Å². The van der Waals surface area contributed by atoms with Crippen LogP contribution in [0.4, 0.5) is 10.5 Å². The second-order valence-corrected chi connectivity index (χ2v) is 6.26. The minimum absolute atomic E-state index is 0.0170. The van der Waals surface area contributed by atoms with Crippen molar-refractivity contribution >= 4 is 29.3 Å². The number of carboxylic acid groups (broad SMARTS) is 1. The van der Waals surface area contributed by atoms with E-state index in [4.69, 9.17) is 21.2 Å². The molecule has 0 spiro atoms. The Morgan fingerprint density at radius 1 is 1.36 bits per heavy atom. The van der Waals surface area contributed by atoms with E-state index in [9.17, 15) is 9.59 Å². The monoisotopic (exact) mass is 366 g/mol. The van der Waals surface area contributed by atoms with Crippen LogP contribution in [0.15, 0.2) is 22.7 Å². The quantitative estimate of drug-likeness (QED) is 0.692. The lowest BCUT2D eigenvalue weighted by Crippen LogP contribution is -2.30. The van der Waals surface area contributed by atoms with Crippen LogP contribution in [0.5, 0.6) is 0 Å². The Hall–Kier alpha value is -2.61. The Kier molecular flexibility index (Phi) is 6.35. The molecule has 0 unspecified atom stereocenters. The normalized spacial score (nSPS) is 10.7. The van der Waals surface area contributed by atoms with Gasteiger partial charge in [0, 0.05) is 18.0 Å². The molecule has 3 N–H and O–H groups in total. The number of aliphatic carboxylic acids is 1. The highest BCUT2D eigenvalue weighted by Crippen LogP contribution is 2.30. The van der Waals surface area contributed by atoms with Crippen molar-refractivity contribution in [3.8, 4) is 11.5 Å². The second-order valence-electron chi connectivity index (χ2n) is 5.83. The van der Waals surface area contributed by atoms with Crippen molar-refractivity contribution in [1.82, 2.24) is 15.5 Å². The number of hydrogen-bond acceptors (Lipinski definition) is 5. The Bertz CT molecular complexity index is 760. The Morgan fingerprint density at radius 3 is 2.80 bits per heavy atom. The standard InChI is InChI=1S/C16H19ClN4O4/c1-9(2)7-13-20-15(25-21-13)11-8-10(17)3-4-12(11)19-16(24)18-6-5-14(22)23/h3-4,8-9H,5-7H2,1-2H3,(H,22,23)(H2,18,19,24). The molecule has 0 saturated carbocycles.